The van der Waals surface area contributed by atoms with Crippen molar-refractivity contribution in [3.63, 3.8) is 0 Å². The lowest BCUT2D eigenvalue weighted by molar-refractivity contribution is 0.506. The fourth-order valence-corrected chi connectivity index (χ4v) is 2.95. The number of hydrogen-bond acceptors (Lipinski definition) is 4. The number of benzene rings is 1. The van der Waals surface area contributed by atoms with Crippen molar-refractivity contribution in [2.75, 3.05) is 6.54 Å². The van der Waals surface area contributed by atoms with Crippen molar-refractivity contribution in [2.45, 2.75) is 11.3 Å². The Bertz CT molecular complexity index is 733. The molecule has 2 aromatic rings. The number of hydrogen-bond donors (Lipinski definition) is 1. The summed E-state index contributed by atoms with van der Waals surface area (Å²) in [6, 6.07) is 9.37. The molecule has 0 aliphatic rings. The van der Waals surface area contributed by atoms with E-state index in [-0.39, 0.29) is 22.0 Å². The third-order valence-corrected chi connectivity index (χ3v) is 4.39. The molecule has 0 unspecified atom stereocenters. The lowest BCUT2D eigenvalue weighted by atomic mass is 10.2. The van der Waals surface area contributed by atoms with Gasteiger partial charge in [0.1, 0.15) is 11.8 Å². The normalized spacial score (nSPS) is 11.2. The zero-order valence-electron chi connectivity index (χ0n) is 10.3. The van der Waals surface area contributed by atoms with Gasteiger partial charge in [0.25, 0.3) is 0 Å². The quantitative estimate of drug-likeness (QED) is 0.918. The first-order chi connectivity index (χ1) is 9.53. The van der Waals surface area contributed by atoms with Gasteiger partial charge in [-0.25, -0.2) is 13.1 Å². The van der Waals surface area contributed by atoms with Crippen LogP contribution in [-0.4, -0.2) is 15.0 Å². The molecule has 2 rings (SSSR count). The van der Waals surface area contributed by atoms with Crippen molar-refractivity contribution in [3.05, 3.63) is 52.9 Å². The number of nitriles is 1. The SMILES string of the molecule is N#Cc1ccc(S(=O)(=O)NCCc2ccco2)cc1Cl. The number of nitrogens with one attached hydrogen (secondary N) is 1. The third kappa shape index (κ3) is 3.39. The average molecular weight is 311 g/mol. The number of sulfonamides is 1. The van der Waals surface area contributed by atoms with E-state index in [2.05, 4.69) is 4.72 Å². The lowest BCUT2D eigenvalue weighted by Crippen LogP contribution is -2.25. The molecule has 0 fully saturated rings. The largest absolute Gasteiger partial charge is 0.469 e. The first-order valence-corrected chi connectivity index (χ1v) is 7.61. The van der Waals surface area contributed by atoms with Crippen LogP contribution in [0.4, 0.5) is 0 Å². The van der Waals surface area contributed by atoms with Crippen LogP contribution in [0.5, 0.6) is 0 Å². The predicted molar refractivity (Wildman–Crippen MR) is 73.8 cm³/mol. The first kappa shape index (κ1) is 14.6. The molecule has 0 radical (unpaired) electrons. The predicted octanol–water partition coefficient (Wildman–Crippen LogP) is 2.33. The Labute approximate surface area is 121 Å². The van der Waals surface area contributed by atoms with Gasteiger partial charge >= 0.3 is 0 Å². The summed E-state index contributed by atoms with van der Waals surface area (Å²) < 4.78 is 31.6. The zero-order valence-corrected chi connectivity index (χ0v) is 11.9. The van der Waals surface area contributed by atoms with Crippen LogP contribution < -0.4 is 4.72 Å². The summed E-state index contributed by atoms with van der Waals surface area (Å²) in [5, 5.41) is 8.86. The summed E-state index contributed by atoms with van der Waals surface area (Å²) in [5.74, 6) is 0.700. The second-order valence-corrected chi connectivity index (χ2v) is 6.15. The highest BCUT2D eigenvalue weighted by molar-refractivity contribution is 7.89. The van der Waals surface area contributed by atoms with Gasteiger partial charge in [0.05, 0.1) is 21.7 Å². The Hall–Kier alpha value is -1.81. The van der Waals surface area contributed by atoms with E-state index in [0.717, 1.165) is 0 Å². The van der Waals surface area contributed by atoms with Crippen LogP contribution in [0.3, 0.4) is 0 Å². The fourth-order valence-electron chi connectivity index (χ4n) is 1.60. The molecule has 0 saturated heterocycles. The number of halogens is 1. The van der Waals surface area contributed by atoms with Crippen molar-refractivity contribution in [3.8, 4) is 6.07 Å². The molecule has 0 bridgehead atoms. The van der Waals surface area contributed by atoms with Crippen molar-refractivity contribution >= 4 is 21.6 Å². The van der Waals surface area contributed by atoms with E-state index in [0.29, 0.717) is 12.2 Å². The standard InChI is InChI=1S/C13H11ClN2O3S/c14-13-8-12(4-3-10(13)9-15)20(17,18)16-6-5-11-2-1-7-19-11/h1-4,7-8,16H,5-6H2. The van der Waals surface area contributed by atoms with E-state index in [1.54, 1.807) is 12.1 Å². The van der Waals surface area contributed by atoms with Gasteiger partial charge in [-0.2, -0.15) is 5.26 Å². The molecule has 7 heteroatoms. The molecule has 0 spiro atoms. The smallest absolute Gasteiger partial charge is 0.240 e. The third-order valence-electron chi connectivity index (χ3n) is 2.61. The molecule has 5 nitrogen and oxygen atoms in total. The Morgan fingerprint density at radius 1 is 1.35 bits per heavy atom. The Balaban J connectivity index is 2.06. The lowest BCUT2D eigenvalue weighted by Gasteiger charge is -2.06. The highest BCUT2D eigenvalue weighted by atomic mass is 35.5. The second kappa shape index (κ2) is 6.09. The number of nitrogens with zero attached hydrogens (tertiary/aromatic N) is 1. The van der Waals surface area contributed by atoms with Crippen LogP contribution in [0.15, 0.2) is 45.9 Å². The van der Waals surface area contributed by atoms with Crippen LogP contribution in [-0.2, 0) is 16.4 Å². The molecule has 0 amide bonds. The van der Waals surface area contributed by atoms with Crippen LogP contribution in [0.1, 0.15) is 11.3 Å². The zero-order chi connectivity index (χ0) is 14.6. The maximum atomic E-state index is 12.0. The number of rotatable bonds is 5. The van der Waals surface area contributed by atoms with Crippen molar-refractivity contribution < 1.29 is 12.8 Å². The summed E-state index contributed by atoms with van der Waals surface area (Å²) in [4.78, 5) is 0.0287. The topological polar surface area (TPSA) is 83.1 Å². The monoisotopic (exact) mass is 310 g/mol. The Morgan fingerprint density at radius 2 is 2.15 bits per heavy atom. The van der Waals surface area contributed by atoms with Gasteiger partial charge in [0, 0.05) is 13.0 Å². The molecule has 1 aromatic heterocycles. The highest BCUT2D eigenvalue weighted by Crippen LogP contribution is 2.20. The summed E-state index contributed by atoms with van der Waals surface area (Å²) >= 11 is 5.82. The highest BCUT2D eigenvalue weighted by Gasteiger charge is 2.15. The minimum Gasteiger partial charge on any atom is -0.469 e. The summed E-state index contributed by atoms with van der Waals surface area (Å²) in [6.45, 7) is 0.216. The molecular formula is C13H11ClN2O3S. The van der Waals surface area contributed by atoms with Crippen LogP contribution in [0, 0.1) is 11.3 Å². The molecule has 20 heavy (non-hydrogen) atoms. The van der Waals surface area contributed by atoms with Crippen molar-refractivity contribution in [1.29, 1.82) is 5.26 Å². The molecule has 1 N–H and O–H groups in total. The maximum Gasteiger partial charge on any atom is 0.240 e. The maximum absolute atomic E-state index is 12.0. The summed E-state index contributed by atoms with van der Waals surface area (Å²) in [5.41, 5.74) is 0.237. The summed E-state index contributed by atoms with van der Waals surface area (Å²) in [6.07, 6.45) is 1.99. The molecule has 0 saturated carbocycles. The van der Waals surface area contributed by atoms with Gasteiger partial charge in [-0.3, -0.25) is 0 Å². The van der Waals surface area contributed by atoms with Gasteiger partial charge in [-0.1, -0.05) is 11.6 Å². The van der Waals surface area contributed by atoms with E-state index >= 15 is 0 Å². The molecule has 1 heterocycles. The second-order valence-electron chi connectivity index (χ2n) is 3.98. The molecule has 0 atom stereocenters. The molecule has 104 valence electrons. The molecular weight excluding hydrogens is 300 g/mol. The number of furan rings is 1. The Kier molecular flexibility index (Phi) is 4.45. The van der Waals surface area contributed by atoms with E-state index < -0.39 is 10.0 Å². The minimum absolute atomic E-state index is 0.0287. The van der Waals surface area contributed by atoms with Gasteiger partial charge < -0.3 is 4.42 Å². The Morgan fingerprint density at radius 3 is 2.75 bits per heavy atom. The van der Waals surface area contributed by atoms with Crippen LogP contribution in [0.25, 0.3) is 0 Å². The van der Waals surface area contributed by atoms with E-state index in [9.17, 15) is 8.42 Å². The van der Waals surface area contributed by atoms with Gasteiger partial charge in [0.2, 0.25) is 10.0 Å². The van der Waals surface area contributed by atoms with Crippen LogP contribution >= 0.6 is 11.6 Å². The molecule has 0 aliphatic heterocycles. The van der Waals surface area contributed by atoms with Crippen LogP contribution in [0.2, 0.25) is 5.02 Å². The minimum atomic E-state index is -3.65. The molecule has 0 aliphatic carbocycles. The van der Waals surface area contributed by atoms with E-state index in [1.165, 1.54) is 24.5 Å². The average Bonchev–Trinajstić information content (AvgIpc) is 2.91. The van der Waals surface area contributed by atoms with Gasteiger partial charge in [-0.15, -0.1) is 0 Å². The fraction of sp³-hybridized carbons (Fsp3) is 0.154. The summed E-state index contributed by atoms with van der Waals surface area (Å²) in [7, 11) is -3.65. The van der Waals surface area contributed by atoms with Gasteiger partial charge in [0.15, 0.2) is 0 Å². The molecule has 1 aromatic carbocycles. The van der Waals surface area contributed by atoms with Crippen molar-refractivity contribution in [1.82, 2.24) is 4.72 Å². The van der Waals surface area contributed by atoms with E-state index in [4.69, 9.17) is 21.3 Å². The first-order valence-electron chi connectivity index (χ1n) is 5.74. The van der Waals surface area contributed by atoms with Gasteiger partial charge in [-0.05, 0) is 30.3 Å². The van der Waals surface area contributed by atoms with Crippen molar-refractivity contribution in [2.24, 2.45) is 0 Å². The van der Waals surface area contributed by atoms with E-state index in [1.807, 2.05) is 6.07 Å².